The fourth-order valence-electron chi connectivity index (χ4n) is 2.84. The van der Waals surface area contributed by atoms with Gasteiger partial charge in [0.15, 0.2) is 0 Å². The molecule has 24 heavy (non-hydrogen) atoms. The number of nitrogens with one attached hydrogen (secondary N) is 1. The molecule has 0 aliphatic rings. The van der Waals surface area contributed by atoms with Crippen molar-refractivity contribution in [2.45, 2.75) is 46.2 Å². The Labute approximate surface area is 142 Å². The Morgan fingerprint density at radius 2 is 1.92 bits per heavy atom. The van der Waals surface area contributed by atoms with Crippen LogP contribution in [-0.2, 0) is 20.9 Å². The minimum absolute atomic E-state index is 0.00844. The Hall–Kier alpha value is -2.37. The van der Waals surface area contributed by atoms with Gasteiger partial charge in [-0.15, -0.1) is 0 Å². The minimum atomic E-state index is -0.349. The van der Waals surface area contributed by atoms with Crippen LogP contribution in [0.25, 0.3) is 11.0 Å². The highest BCUT2D eigenvalue weighted by Gasteiger charge is 2.22. The molecular formula is C18H25N3O3. The van der Waals surface area contributed by atoms with Gasteiger partial charge in [-0.1, -0.05) is 26.0 Å². The van der Waals surface area contributed by atoms with Gasteiger partial charge in [-0.2, -0.15) is 0 Å². The second-order valence-corrected chi connectivity index (χ2v) is 5.86. The molecule has 0 aliphatic heterocycles. The average Bonchev–Trinajstić information content (AvgIpc) is 2.94. The van der Waals surface area contributed by atoms with Crippen LogP contribution in [0, 0.1) is 5.92 Å². The molecule has 1 atom stereocenters. The van der Waals surface area contributed by atoms with Gasteiger partial charge in [0, 0.05) is 5.92 Å². The van der Waals surface area contributed by atoms with Crippen LogP contribution >= 0.6 is 0 Å². The smallest absolute Gasteiger partial charge is 0.325 e. The first kappa shape index (κ1) is 18.0. The van der Waals surface area contributed by atoms with Gasteiger partial charge in [-0.05, 0) is 31.9 Å². The summed E-state index contributed by atoms with van der Waals surface area (Å²) in [5.74, 6) is 0.314. The highest BCUT2D eigenvalue weighted by atomic mass is 16.5. The van der Waals surface area contributed by atoms with Gasteiger partial charge in [0.05, 0.1) is 24.2 Å². The summed E-state index contributed by atoms with van der Waals surface area (Å²) >= 11 is 0. The third kappa shape index (κ3) is 3.75. The van der Waals surface area contributed by atoms with Crippen molar-refractivity contribution in [1.82, 2.24) is 14.9 Å². The van der Waals surface area contributed by atoms with E-state index in [9.17, 15) is 9.59 Å². The second-order valence-electron chi connectivity index (χ2n) is 5.86. The van der Waals surface area contributed by atoms with Crippen molar-refractivity contribution in [2.24, 2.45) is 5.92 Å². The van der Waals surface area contributed by atoms with E-state index in [1.54, 1.807) is 4.57 Å². The number of methoxy groups -OCH3 is 1. The SMILES string of the molecule is CCC(CC)C(=O)NC(C)c1nc2ccccc2n1CC(=O)OC. The summed E-state index contributed by atoms with van der Waals surface area (Å²) in [5, 5.41) is 3.02. The Kier molecular flexibility index (Phi) is 5.95. The van der Waals surface area contributed by atoms with Crippen LogP contribution in [0.1, 0.15) is 45.5 Å². The van der Waals surface area contributed by atoms with Crippen molar-refractivity contribution in [1.29, 1.82) is 0 Å². The minimum Gasteiger partial charge on any atom is -0.468 e. The molecule has 0 bridgehead atoms. The Balaban J connectivity index is 2.34. The molecule has 1 unspecified atom stereocenters. The zero-order valence-corrected chi connectivity index (χ0v) is 14.7. The van der Waals surface area contributed by atoms with E-state index in [-0.39, 0.29) is 30.4 Å². The van der Waals surface area contributed by atoms with Crippen molar-refractivity contribution in [3.63, 3.8) is 0 Å². The average molecular weight is 331 g/mol. The van der Waals surface area contributed by atoms with Gasteiger partial charge in [0.2, 0.25) is 5.91 Å². The Morgan fingerprint density at radius 3 is 2.54 bits per heavy atom. The number of carbonyl (C=O) groups excluding carboxylic acids is 2. The summed E-state index contributed by atoms with van der Waals surface area (Å²) in [7, 11) is 1.36. The summed E-state index contributed by atoms with van der Waals surface area (Å²) in [6.45, 7) is 5.96. The van der Waals surface area contributed by atoms with Crippen molar-refractivity contribution in [3.8, 4) is 0 Å². The van der Waals surface area contributed by atoms with Crippen molar-refractivity contribution in [2.75, 3.05) is 7.11 Å². The molecule has 0 saturated heterocycles. The molecule has 2 rings (SSSR count). The number of esters is 1. The number of fused-ring (bicyclic) bond motifs is 1. The Morgan fingerprint density at radius 1 is 1.25 bits per heavy atom. The molecule has 0 fully saturated rings. The van der Waals surface area contributed by atoms with Crippen LogP contribution < -0.4 is 5.32 Å². The summed E-state index contributed by atoms with van der Waals surface area (Å²) in [5.41, 5.74) is 1.64. The molecule has 0 saturated carbocycles. The molecular weight excluding hydrogens is 306 g/mol. The monoisotopic (exact) mass is 331 g/mol. The molecule has 1 aromatic carbocycles. The molecule has 6 heteroatoms. The largest absolute Gasteiger partial charge is 0.468 e. The number of carbonyl (C=O) groups is 2. The van der Waals surface area contributed by atoms with E-state index >= 15 is 0 Å². The lowest BCUT2D eigenvalue weighted by atomic mass is 10.0. The first-order valence-electron chi connectivity index (χ1n) is 8.34. The predicted molar refractivity (Wildman–Crippen MR) is 92.4 cm³/mol. The van der Waals surface area contributed by atoms with Crippen molar-refractivity contribution >= 4 is 22.9 Å². The summed E-state index contributed by atoms with van der Waals surface area (Å²) in [4.78, 5) is 28.7. The van der Waals surface area contributed by atoms with Gasteiger partial charge < -0.3 is 14.6 Å². The molecule has 0 spiro atoms. The van der Waals surface area contributed by atoms with E-state index in [1.165, 1.54) is 7.11 Å². The number of benzene rings is 1. The number of imidazole rings is 1. The molecule has 0 radical (unpaired) electrons. The van der Waals surface area contributed by atoms with Gasteiger partial charge in [-0.25, -0.2) is 4.98 Å². The number of hydrogen-bond acceptors (Lipinski definition) is 4. The van der Waals surface area contributed by atoms with Crippen molar-refractivity contribution < 1.29 is 14.3 Å². The number of nitrogens with zero attached hydrogens (tertiary/aromatic N) is 2. The number of hydrogen-bond donors (Lipinski definition) is 1. The lowest BCUT2D eigenvalue weighted by molar-refractivity contribution is -0.141. The summed E-state index contributed by atoms with van der Waals surface area (Å²) in [6.07, 6.45) is 1.60. The zero-order valence-electron chi connectivity index (χ0n) is 14.7. The number of aromatic nitrogens is 2. The molecule has 6 nitrogen and oxygen atoms in total. The molecule has 0 aliphatic carbocycles. The second kappa shape index (κ2) is 7.95. The van der Waals surface area contributed by atoms with Crippen LogP contribution in [0.4, 0.5) is 0 Å². The van der Waals surface area contributed by atoms with Gasteiger partial charge in [-0.3, -0.25) is 9.59 Å². The maximum atomic E-state index is 12.4. The lowest BCUT2D eigenvalue weighted by Gasteiger charge is -2.19. The van der Waals surface area contributed by atoms with E-state index < -0.39 is 0 Å². The fourth-order valence-corrected chi connectivity index (χ4v) is 2.84. The van der Waals surface area contributed by atoms with Gasteiger partial charge >= 0.3 is 5.97 Å². The highest BCUT2D eigenvalue weighted by molar-refractivity contribution is 5.80. The molecule has 130 valence electrons. The molecule has 1 heterocycles. The third-order valence-corrected chi connectivity index (χ3v) is 4.30. The van der Waals surface area contributed by atoms with Crippen LogP contribution in [0.5, 0.6) is 0 Å². The normalized spacial score (nSPS) is 12.4. The van der Waals surface area contributed by atoms with E-state index in [2.05, 4.69) is 10.3 Å². The van der Waals surface area contributed by atoms with Crippen molar-refractivity contribution in [3.05, 3.63) is 30.1 Å². The molecule has 2 aromatic rings. The van der Waals surface area contributed by atoms with Crippen LogP contribution in [-0.4, -0.2) is 28.5 Å². The number of rotatable bonds is 7. The molecule has 1 aromatic heterocycles. The third-order valence-electron chi connectivity index (χ3n) is 4.30. The Bertz CT molecular complexity index is 719. The first-order chi connectivity index (χ1) is 11.5. The number of amides is 1. The molecule has 1 amide bonds. The highest BCUT2D eigenvalue weighted by Crippen LogP contribution is 2.21. The maximum absolute atomic E-state index is 12.4. The number of ether oxygens (including phenoxy) is 1. The predicted octanol–water partition coefficient (Wildman–Crippen LogP) is 2.82. The topological polar surface area (TPSA) is 73.2 Å². The van der Waals surface area contributed by atoms with Gasteiger partial charge in [0.1, 0.15) is 12.4 Å². The first-order valence-corrected chi connectivity index (χ1v) is 8.34. The quantitative estimate of drug-likeness (QED) is 0.792. The standard InChI is InChI=1S/C18H25N3O3/c1-5-13(6-2)18(23)19-12(3)17-20-14-9-7-8-10-15(14)21(17)11-16(22)24-4/h7-10,12-13H,5-6,11H2,1-4H3,(H,19,23). The van der Waals surface area contributed by atoms with Crippen LogP contribution in [0.15, 0.2) is 24.3 Å². The molecule has 1 N–H and O–H groups in total. The maximum Gasteiger partial charge on any atom is 0.325 e. The fraction of sp³-hybridized carbons (Fsp3) is 0.500. The van der Waals surface area contributed by atoms with E-state index in [0.29, 0.717) is 5.82 Å². The van der Waals surface area contributed by atoms with Crippen LogP contribution in [0.3, 0.4) is 0 Å². The number of para-hydroxylation sites is 2. The van der Waals surface area contributed by atoms with E-state index in [1.807, 2.05) is 45.0 Å². The van der Waals surface area contributed by atoms with Gasteiger partial charge in [0.25, 0.3) is 0 Å². The van der Waals surface area contributed by atoms with Crippen LogP contribution in [0.2, 0.25) is 0 Å². The van der Waals surface area contributed by atoms with E-state index in [0.717, 1.165) is 23.9 Å². The summed E-state index contributed by atoms with van der Waals surface area (Å²) in [6, 6.07) is 7.30. The summed E-state index contributed by atoms with van der Waals surface area (Å²) < 4.78 is 6.59. The van der Waals surface area contributed by atoms with E-state index in [4.69, 9.17) is 4.74 Å². The lowest BCUT2D eigenvalue weighted by Crippen LogP contribution is -2.34. The zero-order chi connectivity index (χ0) is 17.7.